The van der Waals surface area contributed by atoms with Gasteiger partial charge in [-0.15, -0.1) is 0 Å². The average Bonchev–Trinajstić information content (AvgIpc) is 2.02. The summed E-state index contributed by atoms with van der Waals surface area (Å²) in [5, 5.41) is 27.7. The van der Waals surface area contributed by atoms with Gasteiger partial charge in [0.1, 0.15) is 12.2 Å². The van der Waals surface area contributed by atoms with E-state index in [2.05, 4.69) is 4.74 Å². The third-order valence-electron chi connectivity index (χ3n) is 1.92. The first-order valence-corrected chi connectivity index (χ1v) is 3.52. The smallest absolute Gasteiger partial charge is 0.187 e. The predicted octanol–water partition coefficient (Wildman–Crippen LogP) is -2.64. The van der Waals surface area contributed by atoms with Crippen molar-refractivity contribution in [3.8, 4) is 0 Å². The Kier molecular flexibility index (Phi) is 2.67. The van der Waals surface area contributed by atoms with Crippen LogP contribution < -0.4 is 5.73 Å². The zero-order valence-electron chi connectivity index (χ0n) is 6.67. The molecule has 0 bridgehead atoms. The Morgan fingerprint density at radius 1 is 1.58 bits per heavy atom. The van der Waals surface area contributed by atoms with Crippen LogP contribution in [0.15, 0.2) is 0 Å². The van der Waals surface area contributed by atoms with Gasteiger partial charge in [-0.3, -0.25) is 5.73 Å². The van der Waals surface area contributed by atoms with Crippen molar-refractivity contribution in [1.29, 1.82) is 0 Å². The minimum atomic E-state index is -2.07. The van der Waals surface area contributed by atoms with Gasteiger partial charge in [0.25, 0.3) is 0 Å². The molecule has 0 aromatic heterocycles. The summed E-state index contributed by atoms with van der Waals surface area (Å²) < 4.78 is 9.49. The second-order valence-corrected chi connectivity index (χ2v) is 2.79. The third-order valence-corrected chi connectivity index (χ3v) is 1.92. The number of aliphatic hydroxyl groups excluding tert-OH is 2. The molecular weight excluding hydrogens is 166 g/mol. The summed E-state index contributed by atoms with van der Waals surface area (Å²) in [4.78, 5) is 0. The second kappa shape index (κ2) is 3.25. The van der Waals surface area contributed by atoms with Gasteiger partial charge in [0.15, 0.2) is 12.0 Å². The predicted molar refractivity (Wildman–Crippen MR) is 37.9 cm³/mol. The molecule has 6 nitrogen and oxygen atoms in total. The van der Waals surface area contributed by atoms with Crippen molar-refractivity contribution in [1.82, 2.24) is 0 Å². The minimum Gasteiger partial charge on any atom is -0.386 e. The monoisotopic (exact) mass is 179 g/mol. The summed E-state index contributed by atoms with van der Waals surface area (Å²) in [6.07, 6.45) is -3.76. The van der Waals surface area contributed by atoms with Crippen LogP contribution in [0, 0.1) is 0 Å². The fourth-order valence-electron chi connectivity index (χ4n) is 1.02. The summed E-state index contributed by atoms with van der Waals surface area (Å²) in [5.41, 5.74) is 3.16. The fourth-order valence-corrected chi connectivity index (χ4v) is 1.02. The highest BCUT2D eigenvalue weighted by atomic mass is 16.7. The normalized spacial score (nSPS) is 49.2. The first-order chi connectivity index (χ1) is 5.50. The molecule has 0 unspecified atom stereocenters. The molecule has 6 heteroatoms. The molecule has 0 aliphatic carbocycles. The van der Waals surface area contributed by atoms with Crippen LogP contribution in [0.3, 0.4) is 0 Å². The highest BCUT2D eigenvalue weighted by Crippen LogP contribution is 2.21. The number of rotatable bonds is 1. The summed E-state index contributed by atoms with van der Waals surface area (Å²) in [6, 6.07) is 0. The van der Waals surface area contributed by atoms with E-state index < -0.39 is 24.2 Å². The molecule has 1 rings (SSSR count). The van der Waals surface area contributed by atoms with Gasteiger partial charge in [0.05, 0.1) is 6.61 Å². The number of aliphatic hydroxyl groups is 3. The molecule has 1 aliphatic rings. The van der Waals surface area contributed by atoms with E-state index in [0.717, 1.165) is 0 Å². The van der Waals surface area contributed by atoms with Crippen LogP contribution in [-0.4, -0.2) is 53.3 Å². The van der Waals surface area contributed by atoms with Crippen LogP contribution in [0.2, 0.25) is 0 Å². The van der Waals surface area contributed by atoms with E-state index in [4.69, 9.17) is 15.6 Å². The summed E-state index contributed by atoms with van der Waals surface area (Å²) in [7, 11) is 1.31. The van der Waals surface area contributed by atoms with Gasteiger partial charge >= 0.3 is 0 Å². The lowest BCUT2D eigenvalue weighted by Crippen LogP contribution is -2.68. The van der Waals surface area contributed by atoms with Crippen LogP contribution in [0.5, 0.6) is 0 Å². The van der Waals surface area contributed by atoms with Gasteiger partial charge < -0.3 is 24.8 Å². The van der Waals surface area contributed by atoms with Crippen LogP contribution >= 0.6 is 0 Å². The number of hydrogen-bond acceptors (Lipinski definition) is 6. The summed E-state index contributed by atoms with van der Waals surface area (Å²) >= 11 is 0. The van der Waals surface area contributed by atoms with Crippen molar-refractivity contribution in [2.75, 3.05) is 13.7 Å². The van der Waals surface area contributed by atoms with Crippen molar-refractivity contribution in [3.63, 3.8) is 0 Å². The van der Waals surface area contributed by atoms with Crippen LogP contribution in [0.4, 0.5) is 0 Å². The number of ether oxygens (including phenoxy) is 2. The molecule has 1 aliphatic heterocycles. The number of methoxy groups -OCH3 is 1. The lowest BCUT2D eigenvalue weighted by atomic mass is 9.98. The van der Waals surface area contributed by atoms with Crippen molar-refractivity contribution in [3.05, 3.63) is 0 Å². The lowest BCUT2D eigenvalue weighted by molar-refractivity contribution is -0.297. The standard InChI is InChI=1S/C6H13NO5/c1-11-5-4(9)6(7,10)3(8)2-12-5/h3-5,8-10H,2,7H2,1H3/t3-,4+,5-,6+/m0/s1. The zero-order valence-corrected chi connectivity index (χ0v) is 6.67. The zero-order chi connectivity index (χ0) is 9.35. The first-order valence-electron chi connectivity index (χ1n) is 3.52. The molecular formula is C6H13NO5. The quantitative estimate of drug-likeness (QED) is 0.328. The molecule has 72 valence electrons. The van der Waals surface area contributed by atoms with E-state index in [-0.39, 0.29) is 6.61 Å². The Bertz CT molecular complexity index is 162. The Balaban J connectivity index is 2.71. The van der Waals surface area contributed by atoms with Gasteiger partial charge in [-0.1, -0.05) is 0 Å². The summed E-state index contributed by atoms with van der Waals surface area (Å²) in [6.45, 7) is -0.164. The second-order valence-electron chi connectivity index (χ2n) is 2.79. The highest BCUT2D eigenvalue weighted by molar-refractivity contribution is 4.92. The highest BCUT2D eigenvalue weighted by Gasteiger charge is 2.48. The van der Waals surface area contributed by atoms with Crippen molar-refractivity contribution in [2.24, 2.45) is 5.73 Å². The van der Waals surface area contributed by atoms with E-state index >= 15 is 0 Å². The Hall–Kier alpha value is -0.240. The van der Waals surface area contributed by atoms with Gasteiger partial charge in [0.2, 0.25) is 0 Å². The first kappa shape index (κ1) is 9.85. The van der Waals surface area contributed by atoms with E-state index in [1.54, 1.807) is 0 Å². The van der Waals surface area contributed by atoms with E-state index in [1.807, 2.05) is 0 Å². The number of nitrogens with two attached hydrogens (primary N) is 1. The van der Waals surface area contributed by atoms with Gasteiger partial charge in [-0.05, 0) is 0 Å². The largest absolute Gasteiger partial charge is 0.386 e. The van der Waals surface area contributed by atoms with Crippen molar-refractivity contribution in [2.45, 2.75) is 24.2 Å². The summed E-state index contributed by atoms with van der Waals surface area (Å²) in [5.74, 6) is 0. The van der Waals surface area contributed by atoms with E-state index in [1.165, 1.54) is 7.11 Å². The molecule has 1 saturated heterocycles. The van der Waals surface area contributed by atoms with Gasteiger partial charge in [-0.25, -0.2) is 0 Å². The molecule has 0 radical (unpaired) electrons. The molecule has 0 aromatic carbocycles. The average molecular weight is 179 g/mol. The van der Waals surface area contributed by atoms with Crippen molar-refractivity contribution < 1.29 is 24.8 Å². The van der Waals surface area contributed by atoms with Crippen LogP contribution in [0.25, 0.3) is 0 Å². The minimum absolute atomic E-state index is 0.164. The molecule has 5 N–H and O–H groups in total. The van der Waals surface area contributed by atoms with E-state index in [0.29, 0.717) is 0 Å². The molecule has 0 aromatic rings. The molecule has 0 saturated carbocycles. The maximum Gasteiger partial charge on any atom is 0.187 e. The van der Waals surface area contributed by atoms with E-state index in [9.17, 15) is 10.2 Å². The van der Waals surface area contributed by atoms with Crippen molar-refractivity contribution >= 4 is 0 Å². The Labute approximate surface area is 69.5 Å². The molecule has 0 spiro atoms. The fraction of sp³-hybridized carbons (Fsp3) is 1.00. The molecule has 4 atom stereocenters. The molecule has 12 heavy (non-hydrogen) atoms. The Morgan fingerprint density at radius 3 is 2.67 bits per heavy atom. The topological polar surface area (TPSA) is 105 Å². The van der Waals surface area contributed by atoms with Gasteiger partial charge in [-0.2, -0.15) is 0 Å². The Morgan fingerprint density at radius 2 is 2.17 bits per heavy atom. The maximum atomic E-state index is 9.33. The molecule has 1 heterocycles. The van der Waals surface area contributed by atoms with Gasteiger partial charge in [0, 0.05) is 7.11 Å². The van der Waals surface area contributed by atoms with Crippen LogP contribution in [-0.2, 0) is 9.47 Å². The van der Waals surface area contributed by atoms with Crippen LogP contribution in [0.1, 0.15) is 0 Å². The molecule has 0 amide bonds. The maximum absolute atomic E-state index is 9.33. The SMILES string of the molecule is CO[C@H]1OC[C@H](O)[C@@](N)(O)[C@@H]1O. The third kappa shape index (κ3) is 1.45. The number of hydrogen-bond donors (Lipinski definition) is 4. The lowest BCUT2D eigenvalue weighted by Gasteiger charge is -2.41. The molecule has 1 fully saturated rings.